The molecule has 2 heteroatoms. The molecule has 0 N–H and O–H groups in total. The number of hydrogen-bond donors (Lipinski definition) is 0. The van der Waals surface area contributed by atoms with Gasteiger partial charge in [0.2, 0.25) is 0 Å². The third-order valence-corrected chi connectivity index (χ3v) is 2.93. The lowest BCUT2D eigenvalue weighted by atomic mass is 10.2. The van der Waals surface area contributed by atoms with Crippen LogP contribution in [-0.4, -0.2) is 23.4 Å². The molecule has 0 saturated carbocycles. The predicted octanol–water partition coefficient (Wildman–Crippen LogP) is 3.14. The molecule has 0 aliphatic carbocycles. The Kier molecular flexibility index (Phi) is 4.99. The molecule has 0 heterocycles. The van der Waals surface area contributed by atoms with Crippen LogP contribution in [0, 0.1) is 0 Å². The lowest BCUT2D eigenvalue weighted by Crippen LogP contribution is -2.33. The monoisotopic (exact) mass is 211 g/mol. The molecule has 1 nitrogen and oxygen atoms in total. The van der Waals surface area contributed by atoms with Gasteiger partial charge in [-0.1, -0.05) is 37.3 Å². The van der Waals surface area contributed by atoms with Crippen molar-refractivity contribution in [1.29, 1.82) is 0 Å². The Balaban J connectivity index is 2.57. The van der Waals surface area contributed by atoms with Crippen LogP contribution in [0.3, 0.4) is 0 Å². The molecule has 0 radical (unpaired) electrons. The van der Waals surface area contributed by atoms with Gasteiger partial charge in [0.15, 0.2) is 0 Å². The summed E-state index contributed by atoms with van der Waals surface area (Å²) in [6, 6.07) is 11.0. The van der Waals surface area contributed by atoms with E-state index < -0.39 is 0 Å². The molecular formula is C12H18ClN. The summed E-state index contributed by atoms with van der Waals surface area (Å²) < 4.78 is 0. The van der Waals surface area contributed by atoms with E-state index in [1.165, 1.54) is 5.56 Å². The van der Waals surface area contributed by atoms with Gasteiger partial charge in [-0.05, 0) is 19.0 Å². The second-order valence-electron chi connectivity index (χ2n) is 3.55. The molecular weight excluding hydrogens is 194 g/mol. The number of alkyl halides is 1. The summed E-state index contributed by atoms with van der Waals surface area (Å²) in [6.45, 7) is 6.37. The highest BCUT2D eigenvalue weighted by molar-refractivity contribution is 6.18. The van der Waals surface area contributed by atoms with E-state index in [0.29, 0.717) is 11.9 Å². The van der Waals surface area contributed by atoms with E-state index in [2.05, 4.69) is 43.0 Å². The van der Waals surface area contributed by atoms with Crippen LogP contribution in [-0.2, 0) is 6.54 Å². The van der Waals surface area contributed by atoms with Crippen molar-refractivity contribution in [2.75, 3.05) is 12.4 Å². The van der Waals surface area contributed by atoms with Crippen molar-refractivity contribution in [1.82, 2.24) is 4.90 Å². The van der Waals surface area contributed by atoms with Crippen molar-refractivity contribution < 1.29 is 0 Å². The van der Waals surface area contributed by atoms with E-state index in [9.17, 15) is 0 Å². The van der Waals surface area contributed by atoms with Crippen molar-refractivity contribution in [2.24, 2.45) is 0 Å². The summed E-state index contributed by atoms with van der Waals surface area (Å²) >= 11 is 5.85. The Hall–Kier alpha value is -0.530. The van der Waals surface area contributed by atoms with E-state index >= 15 is 0 Å². The van der Waals surface area contributed by atoms with Crippen LogP contribution in [0.5, 0.6) is 0 Å². The van der Waals surface area contributed by atoms with E-state index in [1.54, 1.807) is 0 Å². The fourth-order valence-electron chi connectivity index (χ4n) is 1.49. The van der Waals surface area contributed by atoms with Crippen molar-refractivity contribution in [3.8, 4) is 0 Å². The largest absolute Gasteiger partial charge is 0.296 e. The lowest BCUT2D eigenvalue weighted by Gasteiger charge is -2.26. The van der Waals surface area contributed by atoms with Gasteiger partial charge >= 0.3 is 0 Å². The van der Waals surface area contributed by atoms with Crippen LogP contribution in [0.2, 0.25) is 0 Å². The fourth-order valence-corrected chi connectivity index (χ4v) is 1.69. The molecule has 0 aromatic heterocycles. The molecule has 0 saturated heterocycles. The number of hydrogen-bond acceptors (Lipinski definition) is 1. The zero-order valence-corrected chi connectivity index (χ0v) is 9.67. The van der Waals surface area contributed by atoms with Gasteiger partial charge < -0.3 is 0 Å². The summed E-state index contributed by atoms with van der Waals surface area (Å²) in [7, 11) is 0. The standard InChI is InChI=1S/C12H18ClN/c1-3-14(11(2)9-13)10-12-7-5-4-6-8-12/h4-8,11H,3,9-10H2,1-2H3. The van der Waals surface area contributed by atoms with Crippen LogP contribution in [0.1, 0.15) is 19.4 Å². The Morgan fingerprint density at radius 1 is 1.29 bits per heavy atom. The van der Waals surface area contributed by atoms with Crippen LogP contribution in [0.15, 0.2) is 30.3 Å². The molecule has 14 heavy (non-hydrogen) atoms. The summed E-state index contributed by atoms with van der Waals surface area (Å²) in [5.41, 5.74) is 1.35. The second kappa shape index (κ2) is 6.05. The highest BCUT2D eigenvalue weighted by Crippen LogP contribution is 2.08. The first-order valence-electron chi connectivity index (χ1n) is 5.11. The highest BCUT2D eigenvalue weighted by atomic mass is 35.5. The first-order chi connectivity index (χ1) is 6.77. The van der Waals surface area contributed by atoms with Crippen molar-refractivity contribution in [3.05, 3.63) is 35.9 Å². The van der Waals surface area contributed by atoms with Crippen LogP contribution >= 0.6 is 11.6 Å². The molecule has 1 aromatic rings. The van der Waals surface area contributed by atoms with Crippen molar-refractivity contribution >= 4 is 11.6 Å². The van der Waals surface area contributed by atoms with Gasteiger partial charge in [-0.25, -0.2) is 0 Å². The maximum Gasteiger partial charge on any atom is 0.0377 e. The minimum atomic E-state index is 0.446. The third kappa shape index (κ3) is 3.32. The minimum absolute atomic E-state index is 0.446. The Morgan fingerprint density at radius 3 is 2.43 bits per heavy atom. The van der Waals surface area contributed by atoms with E-state index in [1.807, 2.05) is 6.07 Å². The summed E-state index contributed by atoms with van der Waals surface area (Å²) in [4.78, 5) is 2.38. The molecule has 0 aliphatic rings. The molecule has 78 valence electrons. The van der Waals surface area contributed by atoms with Gasteiger partial charge in [0.25, 0.3) is 0 Å². The number of rotatable bonds is 5. The topological polar surface area (TPSA) is 3.24 Å². The maximum absolute atomic E-state index is 5.85. The molecule has 1 atom stereocenters. The molecule has 0 amide bonds. The van der Waals surface area contributed by atoms with Gasteiger partial charge in [0, 0.05) is 18.5 Å². The summed E-state index contributed by atoms with van der Waals surface area (Å²) in [6.07, 6.45) is 0. The quantitative estimate of drug-likeness (QED) is 0.677. The molecule has 1 unspecified atom stereocenters. The normalized spacial score (nSPS) is 13.1. The SMILES string of the molecule is CCN(Cc1ccccc1)C(C)CCl. The lowest BCUT2D eigenvalue weighted by molar-refractivity contribution is 0.227. The first-order valence-corrected chi connectivity index (χ1v) is 5.65. The summed E-state index contributed by atoms with van der Waals surface area (Å²) in [5.74, 6) is 0.695. The molecule has 0 fully saturated rings. The van der Waals surface area contributed by atoms with Gasteiger partial charge in [-0.2, -0.15) is 0 Å². The van der Waals surface area contributed by atoms with Gasteiger partial charge in [-0.15, -0.1) is 11.6 Å². The van der Waals surface area contributed by atoms with Gasteiger partial charge in [-0.3, -0.25) is 4.90 Å². The van der Waals surface area contributed by atoms with Gasteiger partial charge in [0.05, 0.1) is 0 Å². The van der Waals surface area contributed by atoms with E-state index in [-0.39, 0.29) is 0 Å². The Labute approximate surface area is 91.7 Å². The third-order valence-electron chi connectivity index (χ3n) is 2.48. The zero-order valence-electron chi connectivity index (χ0n) is 8.91. The molecule has 0 spiro atoms. The van der Waals surface area contributed by atoms with Gasteiger partial charge in [0.1, 0.15) is 0 Å². The van der Waals surface area contributed by atoms with E-state index in [0.717, 1.165) is 13.1 Å². The van der Waals surface area contributed by atoms with Crippen molar-refractivity contribution in [2.45, 2.75) is 26.4 Å². The predicted molar refractivity (Wildman–Crippen MR) is 62.7 cm³/mol. The fraction of sp³-hybridized carbons (Fsp3) is 0.500. The van der Waals surface area contributed by atoms with Crippen LogP contribution < -0.4 is 0 Å². The zero-order chi connectivity index (χ0) is 10.4. The maximum atomic E-state index is 5.85. The van der Waals surface area contributed by atoms with Crippen LogP contribution in [0.25, 0.3) is 0 Å². The number of halogens is 1. The molecule has 1 rings (SSSR count). The molecule has 1 aromatic carbocycles. The number of benzene rings is 1. The smallest absolute Gasteiger partial charge is 0.0377 e. The average molecular weight is 212 g/mol. The van der Waals surface area contributed by atoms with Crippen molar-refractivity contribution in [3.63, 3.8) is 0 Å². The highest BCUT2D eigenvalue weighted by Gasteiger charge is 2.10. The second-order valence-corrected chi connectivity index (χ2v) is 3.86. The minimum Gasteiger partial charge on any atom is -0.296 e. The van der Waals surface area contributed by atoms with Crippen LogP contribution in [0.4, 0.5) is 0 Å². The molecule has 0 bridgehead atoms. The Morgan fingerprint density at radius 2 is 1.93 bits per heavy atom. The number of nitrogens with zero attached hydrogens (tertiary/aromatic N) is 1. The summed E-state index contributed by atoms with van der Waals surface area (Å²) in [5, 5.41) is 0. The Bertz CT molecular complexity index is 248. The first kappa shape index (κ1) is 11.5. The molecule has 0 aliphatic heterocycles. The van der Waals surface area contributed by atoms with E-state index in [4.69, 9.17) is 11.6 Å². The average Bonchev–Trinajstić information content (AvgIpc) is 2.26.